The molecule has 0 rings (SSSR count). The van der Waals surface area contributed by atoms with Gasteiger partial charge < -0.3 is 19.6 Å². The zero-order chi connectivity index (χ0) is 13.3. The Kier molecular flexibility index (Phi) is 7.54. The Bertz CT molecular complexity index is 235. The van der Waals surface area contributed by atoms with Gasteiger partial charge in [-0.15, -0.1) is 0 Å². The summed E-state index contributed by atoms with van der Waals surface area (Å²) in [4.78, 5) is 22.1. The third kappa shape index (κ3) is 9.81. The second kappa shape index (κ2) is 8.06. The van der Waals surface area contributed by atoms with Crippen molar-refractivity contribution in [2.75, 3.05) is 13.2 Å². The highest BCUT2D eigenvalue weighted by Gasteiger charge is 2.19. The van der Waals surface area contributed by atoms with Crippen molar-refractivity contribution in [1.82, 2.24) is 5.32 Å². The normalized spacial score (nSPS) is 12.9. The molecule has 0 aliphatic carbocycles. The van der Waals surface area contributed by atoms with E-state index in [-0.39, 0.29) is 6.61 Å². The Morgan fingerprint density at radius 2 is 2.06 bits per heavy atom. The van der Waals surface area contributed by atoms with E-state index >= 15 is 0 Å². The Balaban J connectivity index is 3.88. The first kappa shape index (κ1) is 15.9. The van der Waals surface area contributed by atoms with Gasteiger partial charge in [-0.25, -0.2) is 4.79 Å². The van der Waals surface area contributed by atoms with E-state index in [9.17, 15) is 9.59 Å². The molecule has 0 heterocycles. The van der Waals surface area contributed by atoms with Crippen LogP contribution in [0.4, 0.5) is 4.79 Å². The van der Waals surface area contributed by atoms with Gasteiger partial charge in [-0.05, 0) is 27.2 Å². The molecule has 5 heteroatoms. The van der Waals surface area contributed by atoms with Crippen molar-refractivity contribution >= 4 is 12.4 Å². The van der Waals surface area contributed by atoms with Gasteiger partial charge >= 0.3 is 6.09 Å². The van der Waals surface area contributed by atoms with Crippen LogP contribution in [-0.2, 0) is 14.3 Å². The van der Waals surface area contributed by atoms with E-state index in [1.807, 2.05) is 0 Å². The van der Waals surface area contributed by atoms with Gasteiger partial charge in [0, 0.05) is 6.61 Å². The molecule has 0 bridgehead atoms. The molecular weight excluding hydrogens is 222 g/mol. The maximum Gasteiger partial charge on any atom is 0.408 e. The maximum absolute atomic E-state index is 11.4. The van der Waals surface area contributed by atoms with Crippen LogP contribution in [0.3, 0.4) is 0 Å². The second-order valence-corrected chi connectivity index (χ2v) is 4.82. The number of carbonyl (C=O) groups is 2. The lowest BCUT2D eigenvalue weighted by atomic mass is 10.2. The molecule has 0 radical (unpaired) electrons. The van der Waals surface area contributed by atoms with Crippen molar-refractivity contribution in [1.29, 1.82) is 0 Å². The van der Waals surface area contributed by atoms with E-state index in [0.29, 0.717) is 12.9 Å². The Labute approximate surface area is 103 Å². The van der Waals surface area contributed by atoms with Gasteiger partial charge in [0.25, 0.3) is 0 Å². The molecule has 0 aliphatic heterocycles. The molecule has 1 atom stereocenters. The van der Waals surface area contributed by atoms with Gasteiger partial charge in [-0.3, -0.25) is 0 Å². The van der Waals surface area contributed by atoms with Crippen molar-refractivity contribution in [3.63, 3.8) is 0 Å². The first-order chi connectivity index (χ1) is 7.89. The highest BCUT2D eigenvalue weighted by molar-refractivity contribution is 5.73. The molecule has 0 spiro atoms. The van der Waals surface area contributed by atoms with Gasteiger partial charge in [-0.1, -0.05) is 13.3 Å². The van der Waals surface area contributed by atoms with Gasteiger partial charge in [0.05, 0.1) is 6.61 Å². The van der Waals surface area contributed by atoms with E-state index in [2.05, 4.69) is 12.2 Å². The van der Waals surface area contributed by atoms with Crippen molar-refractivity contribution < 1.29 is 19.1 Å². The summed E-state index contributed by atoms with van der Waals surface area (Å²) in [6, 6.07) is -0.651. The van der Waals surface area contributed by atoms with Gasteiger partial charge in [-0.2, -0.15) is 0 Å². The largest absolute Gasteiger partial charge is 0.444 e. The monoisotopic (exact) mass is 245 g/mol. The van der Waals surface area contributed by atoms with Crippen LogP contribution in [0.1, 0.15) is 40.5 Å². The van der Waals surface area contributed by atoms with Crippen LogP contribution in [-0.4, -0.2) is 37.2 Å². The number of aldehydes is 1. The van der Waals surface area contributed by atoms with Crippen LogP contribution in [0.25, 0.3) is 0 Å². The summed E-state index contributed by atoms with van der Waals surface area (Å²) in [6.45, 7) is 8.12. The highest BCUT2D eigenvalue weighted by Crippen LogP contribution is 2.06. The SMILES string of the molecule is CCCCOC[C@@H](C=O)NC(=O)OC(C)(C)C. The molecule has 0 saturated heterocycles. The Morgan fingerprint density at radius 3 is 2.53 bits per heavy atom. The summed E-state index contributed by atoms with van der Waals surface area (Å²) in [6.07, 6.45) is 2.02. The minimum atomic E-state index is -0.651. The first-order valence-corrected chi connectivity index (χ1v) is 5.91. The highest BCUT2D eigenvalue weighted by atomic mass is 16.6. The molecule has 0 aliphatic rings. The number of nitrogens with one attached hydrogen (secondary N) is 1. The predicted molar refractivity (Wildman–Crippen MR) is 64.9 cm³/mol. The molecule has 0 unspecified atom stereocenters. The molecule has 0 aromatic carbocycles. The lowest BCUT2D eigenvalue weighted by Crippen LogP contribution is -2.42. The van der Waals surface area contributed by atoms with Gasteiger partial charge in [0.2, 0.25) is 0 Å². The number of rotatable bonds is 7. The van der Waals surface area contributed by atoms with Crippen LogP contribution in [0.2, 0.25) is 0 Å². The number of amides is 1. The average Bonchev–Trinajstić information content (AvgIpc) is 2.20. The van der Waals surface area contributed by atoms with E-state index in [1.165, 1.54) is 0 Å². The van der Waals surface area contributed by atoms with E-state index < -0.39 is 17.7 Å². The molecule has 5 nitrogen and oxygen atoms in total. The number of unbranched alkanes of at least 4 members (excludes halogenated alkanes) is 1. The van der Waals surface area contributed by atoms with Crippen molar-refractivity contribution in [3.8, 4) is 0 Å². The number of carbonyl (C=O) groups excluding carboxylic acids is 2. The topological polar surface area (TPSA) is 64.6 Å². The Hall–Kier alpha value is -1.10. The quantitative estimate of drug-likeness (QED) is 0.549. The molecule has 0 aromatic heterocycles. The summed E-state index contributed by atoms with van der Waals surface area (Å²) in [5.41, 5.74) is -0.569. The zero-order valence-corrected chi connectivity index (χ0v) is 11.1. The number of hydrogen-bond acceptors (Lipinski definition) is 4. The lowest BCUT2D eigenvalue weighted by molar-refractivity contribution is -0.111. The predicted octanol–water partition coefficient (Wildman–Crippen LogP) is 1.90. The molecule has 17 heavy (non-hydrogen) atoms. The van der Waals surface area contributed by atoms with Crippen LogP contribution in [0, 0.1) is 0 Å². The van der Waals surface area contributed by atoms with Crippen molar-refractivity contribution in [2.45, 2.75) is 52.2 Å². The minimum Gasteiger partial charge on any atom is -0.444 e. The smallest absolute Gasteiger partial charge is 0.408 e. The third-order valence-corrected chi connectivity index (χ3v) is 1.81. The molecule has 1 amide bonds. The summed E-state index contributed by atoms with van der Waals surface area (Å²) in [7, 11) is 0. The average molecular weight is 245 g/mol. The molecular formula is C12H23NO4. The summed E-state index contributed by atoms with van der Waals surface area (Å²) < 4.78 is 10.3. The number of hydrogen-bond donors (Lipinski definition) is 1. The fraction of sp³-hybridized carbons (Fsp3) is 0.833. The van der Waals surface area contributed by atoms with E-state index in [0.717, 1.165) is 12.8 Å². The van der Waals surface area contributed by atoms with Crippen LogP contribution < -0.4 is 5.32 Å². The van der Waals surface area contributed by atoms with Crippen molar-refractivity contribution in [2.24, 2.45) is 0 Å². The van der Waals surface area contributed by atoms with Gasteiger partial charge in [0.15, 0.2) is 0 Å². The van der Waals surface area contributed by atoms with Crippen LogP contribution >= 0.6 is 0 Å². The van der Waals surface area contributed by atoms with E-state index in [4.69, 9.17) is 9.47 Å². The lowest BCUT2D eigenvalue weighted by Gasteiger charge is -2.21. The molecule has 0 fully saturated rings. The fourth-order valence-corrected chi connectivity index (χ4v) is 1.03. The molecule has 100 valence electrons. The fourth-order valence-electron chi connectivity index (χ4n) is 1.03. The number of ether oxygens (including phenoxy) is 2. The minimum absolute atomic E-state index is 0.183. The number of alkyl carbamates (subject to hydrolysis) is 1. The molecule has 0 saturated carbocycles. The maximum atomic E-state index is 11.4. The molecule has 1 N–H and O–H groups in total. The summed E-state index contributed by atoms with van der Waals surface area (Å²) in [5.74, 6) is 0. The molecule has 0 aromatic rings. The van der Waals surface area contributed by atoms with Crippen LogP contribution in [0.5, 0.6) is 0 Å². The van der Waals surface area contributed by atoms with Gasteiger partial charge in [0.1, 0.15) is 17.9 Å². The zero-order valence-electron chi connectivity index (χ0n) is 11.1. The van der Waals surface area contributed by atoms with Crippen molar-refractivity contribution in [3.05, 3.63) is 0 Å². The third-order valence-electron chi connectivity index (χ3n) is 1.81. The summed E-state index contributed by atoms with van der Waals surface area (Å²) >= 11 is 0. The standard InChI is InChI=1S/C12H23NO4/c1-5-6-7-16-9-10(8-14)13-11(15)17-12(2,3)4/h8,10H,5-7,9H2,1-4H3,(H,13,15)/t10-/m1/s1. The second-order valence-electron chi connectivity index (χ2n) is 4.82. The van der Waals surface area contributed by atoms with E-state index in [1.54, 1.807) is 20.8 Å². The first-order valence-electron chi connectivity index (χ1n) is 5.91. The summed E-state index contributed by atoms with van der Waals surface area (Å²) in [5, 5.41) is 2.45. The van der Waals surface area contributed by atoms with Crippen LogP contribution in [0.15, 0.2) is 0 Å². The Morgan fingerprint density at radius 1 is 1.41 bits per heavy atom.